The van der Waals surface area contributed by atoms with Crippen molar-refractivity contribution in [2.45, 2.75) is 0 Å². The van der Waals surface area contributed by atoms with Crippen LogP contribution in [0.1, 0.15) is 10.4 Å². The Kier molecular flexibility index (Phi) is 3.63. The van der Waals surface area contributed by atoms with Gasteiger partial charge in [-0.15, -0.1) is 0 Å². The summed E-state index contributed by atoms with van der Waals surface area (Å²) >= 11 is 0. The third-order valence-electron chi connectivity index (χ3n) is 2.73. The van der Waals surface area contributed by atoms with Gasteiger partial charge >= 0.3 is 0 Å². The van der Waals surface area contributed by atoms with Crippen LogP contribution >= 0.6 is 0 Å². The van der Waals surface area contributed by atoms with Crippen molar-refractivity contribution in [2.75, 3.05) is 0 Å². The van der Waals surface area contributed by atoms with Gasteiger partial charge < -0.3 is 5.73 Å². The summed E-state index contributed by atoms with van der Waals surface area (Å²) < 4.78 is 79.6. The highest BCUT2D eigenvalue weighted by atomic mass is 19.2. The highest BCUT2D eigenvalue weighted by Gasteiger charge is 2.27. The highest BCUT2D eigenvalue weighted by molar-refractivity contribution is 5.94. The molecule has 0 bridgehead atoms. The lowest BCUT2D eigenvalue weighted by Gasteiger charge is -2.09. The van der Waals surface area contributed by atoms with Crippen molar-refractivity contribution in [1.82, 2.24) is 0 Å². The Balaban J connectivity index is 2.80. The normalized spacial score (nSPS) is 10.8. The van der Waals surface area contributed by atoms with Crippen molar-refractivity contribution in [1.29, 1.82) is 0 Å². The van der Waals surface area contributed by atoms with Crippen LogP contribution in [0.2, 0.25) is 0 Å². The SMILES string of the molecule is NC(=O)c1cc(-c2c(F)c(F)c(F)c(F)c2F)ccc1F. The molecule has 1 amide bonds. The van der Waals surface area contributed by atoms with Gasteiger partial charge in [-0.1, -0.05) is 6.07 Å². The van der Waals surface area contributed by atoms with Gasteiger partial charge in [0.05, 0.1) is 11.1 Å². The fourth-order valence-corrected chi connectivity index (χ4v) is 1.73. The summed E-state index contributed by atoms with van der Waals surface area (Å²) in [6.07, 6.45) is 0. The van der Waals surface area contributed by atoms with Crippen LogP contribution < -0.4 is 5.73 Å². The largest absolute Gasteiger partial charge is 0.366 e. The molecule has 0 aliphatic rings. The molecule has 0 spiro atoms. The lowest BCUT2D eigenvalue weighted by atomic mass is 10.0. The first-order chi connectivity index (χ1) is 9.75. The van der Waals surface area contributed by atoms with Gasteiger partial charge in [0.1, 0.15) is 5.82 Å². The van der Waals surface area contributed by atoms with Gasteiger partial charge in [0.25, 0.3) is 5.91 Å². The Labute approximate surface area is 113 Å². The molecule has 0 fully saturated rings. The van der Waals surface area contributed by atoms with Gasteiger partial charge in [-0.2, -0.15) is 0 Å². The molecule has 110 valence electrons. The zero-order chi connectivity index (χ0) is 15.9. The number of amides is 1. The van der Waals surface area contributed by atoms with Crippen molar-refractivity contribution in [3.05, 3.63) is 58.7 Å². The number of benzene rings is 2. The third-order valence-corrected chi connectivity index (χ3v) is 2.73. The first kappa shape index (κ1) is 14.9. The number of hydrogen-bond acceptors (Lipinski definition) is 1. The van der Waals surface area contributed by atoms with Gasteiger partial charge in [0, 0.05) is 0 Å². The number of rotatable bonds is 2. The Morgan fingerprint density at radius 3 is 1.76 bits per heavy atom. The van der Waals surface area contributed by atoms with Crippen LogP contribution in [0.4, 0.5) is 26.3 Å². The van der Waals surface area contributed by atoms with E-state index in [4.69, 9.17) is 5.73 Å². The molecule has 2 N–H and O–H groups in total. The van der Waals surface area contributed by atoms with Crippen molar-refractivity contribution < 1.29 is 31.1 Å². The number of nitrogens with two attached hydrogens (primary N) is 1. The minimum absolute atomic E-state index is 0.571. The van der Waals surface area contributed by atoms with E-state index < -0.39 is 57.5 Å². The van der Waals surface area contributed by atoms with Crippen LogP contribution in [0.3, 0.4) is 0 Å². The molecule has 0 unspecified atom stereocenters. The molecule has 21 heavy (non-hydrogen) atoms. The number of carbonyl (C=O) groups excluding carboxylic acids is 1. The molecule has 0 atom stereocenters. The van der Waals surface area contributed by atoms with E-state index in [0.29, 0.717) is 12.1 Å². The molecule has 0 radical (unpaired) electrons. The molecule has 0 aliphatic heterocycles. The van der Waals surface area contributed by atoms with E-state index in [1.807, 2.05) is 0 Å². The fraction of sp³-hybridized carbons (Fsp3) is 0. The second-order valence-electron chi connectivity index (χ2n) is 4.00. The Morgan fingerprint density at radius 1 is 0.810 bits per heavy atom. The number of halogens is 6. The van der Waals surface area contributed by atoms with Crippen molar-refractivity contribution >= 4 is 5.91 Å². The molecule has 0 aromatic heterocycles. The Bertz CT molecular complexity index is 730. The van der Waals surface area contributed by atoms with E-state index in [-0.39, 0.29) is 0 Å². The minimum atomic E-state index is -2.31. The van der Waals surface area contributed by atoms with Crippen molar-refractivity contribution in [2.24, 2.45) is 5.73 Å². The summed E-state index contributed by atoms with van der Waals surface area (Å²) in [7, 11) is 0. The number of hydrogen-bond donors (Lipinski definition) is 1. The monoisotopic (exact) mass is 305 g/mol. The van der Waals surface area contributed by atoms with E-state index >= 15 is 0 Å². The smallest absolute Gasteiger partial charge is 0.251 e. The zero-order valence-electron chi connectivity index (χ0n) is 9.99. The standard InChI is InChI=1S/C13H5F6NO/c14-6-2-1-4(3-5(6)13(20)21)7-8(15)10(17)12(19)11(18)9(7)16/h1-3H,(H2,20,21). The molecular weight excluding hydrogens is 300 g/mol. The highest BCUT2D eigenvalue weighted by Crippen LogP contribution is 2.32. The summed E-state index contributed by atoms with van der Waals surface area (Å²) in [5, 5.41) is 0. The predicted octanol–water partition coefficient (Wildman–Crippen LogP) is 3.29. The summed E-state index contributed by atoms with van der Waals surface area (Å²) in [5.41, 5.74) is 2.27. The van der Waals surface area contributed by atoms with Gasteiger partial charge in [0.15, 0.2) is 23.3 Å². The maximum absolute atomic E-state index is 13.6. The van der Waals surface area contributed by atoms with E-state index in [1.54, 1.807) is 0 Å². The average molecular weight is 305 g/mol. The van der Waals surface area contributed by atoms with E-state index in [1.165, 1.54) is 0 Å². The van der Waals surface area contributed by atoms with Gasteiger partial charge in [-0.25, -0.2) is 26.3 Å². The average Bonchev–Trinajstić information content (AvgIpc) is 2.44. The summed E-state index contributed by atoms with van der Waals surface area (Å²) in [4.78, 5) is 10.9. The van der Waals surface area contributed by atoms with Crippen molar-refractivity contribution in [3.8, 4) is 11.1 Å². The second-order valence-corrected chi connectivity index (χ2v) is 4.00. The summed E-state index contributed by atoms with van der Waals surface area (Å²) in [6.45, 7) is 0. The van der Waals surface area contributed by atoms with Crippen LogP contribution in [0.5, 0.6) is 0 Å². The molecule has 8 heteroatoms. The quantitative estimate of drug-likeness (QED) is 0.516. The molecule has 2 rings (SSSR count). The summed E-state index contributed by atoms with van der Waals surface area (Å²) in [6, 6.07) is 2.00. The maximum atomic E-state index is 13.6. The minimum Gasteiger partial charge on any atom is -0.366 e. The van der Waals surface area contributed by atoms with Crippen LogP contribution in [0, 0.1) is 34.9 Å². The van der Waals surface area contributed by atoms with Crippen LogP contribution in [-0.2, 0) is 0 Å². The van der Waals surface area contributed by atoms with E-state index in [0.717, 1.165) is 6.07 Å². The molecular formula is C13H5F6NO. The molecule has 0 heterocycles. The first-order valence-corrected chi connectivity index (χ1v) is 5.36. The van der Waals surface area contributed by atoms with Crippen LogP contribution in [-0.4, -0.2) is 5.91 Å². The molecule has 2 aromatic carbocycles. The van der Waals surface area contributed by atoms with E-state index in [2.05, 4.69) is 0 Å². The molecule has 2 nitrogen and oxygen atoms in total. The van der Waals surface area contributed by atoms with Crippen molar-refractivity contribution in [3.63, 3.8) is 0 Å². The second kappa shape index (κ2) is 5.12. The fourth-order valence-electron chi connectivity index (χ4n) is 1.73. The lowest BCUT2D eigenvalue weighted by molar-refractivity contribution is 0.0996. The van der Waals surface area contributed by atoms with Gasteiger partial charge in [-0.05, 0) is 17.7 Å². The third kappa shape index (κ3) is 2.32. The molecule has 0 saturated heterocycles. The Hall–Kier alpha value is -2.51. The first-order valence-electron chi connectivity index (χ1n) is 5.36. The molecule has 0 aliphatic carbocycles. The van der Waals surface area contributed by atoms with Crippen LogP contribution in [0.15, 0.2) is 18.2 Å². The topological polar surface area (TPSA) is 43.1 Å². The predicted molar refractivity (Wildman–Crippen MR) is 60.1 cm³/mol. The van der Waals surface area contributed by atoms with E-state index in [9.17, 15) is 31.1 Å². The maximum Gasteiger partial charge on any atom is 0.251 e. The number of primary amides is 1. The molecule has 2 aromatic rings. The number of carbonyl (C=O) groups is 1. The molecule has 0 saturated carbocycles. The van der Waals surface area contributed by atoms with Crippen LogP contribution in [0.25, 0.3) is 11.1 Å². The lowest BCUT2D eigenvalue weighted by Crippen LogP contribution is -2.13. The summed E-state index contributed by atoms with van der Waals surface area (Å²) in [5.74, 6) is -13.1. The van der Waals surface area contributed by atoms with Gasteiger partial charge in [0.2, 0.25) is 5.82 Å². The zero-order valence-corrected chi connectivity index (χ0v) is 9.99. The Morgan fingerprint density at radius 2 is 1.29 bits per heavy atom. The van der Waals surface area contributed by atoms with Gasteiger partial charge in [-0.3, -0.25) is 4.79 Å².